The summed E-state index contributed by atoms with van der Waals surface area (Å²) in [7, 11) is 0. The third-order valence-corrected chi connectivity index (χ3v) is 6.27. The van der Waals surface area contributed by atoms with Gasteiger partial charge in [0.05, 0.1) is 17.9 Å². The summed E-state index contributed by atoms with van der Waals surface area (Å²) in [5.41, 5.74) is 3.90. The highest BCUT2D eigenvalue weighted by Crippen LogP contribution is 2.32. The molecule has 2 aromatic carbocycles. The van der Waals surface area contributed by atoms with Crippen LogP contribution in [-0.2, 0) is 4.79 Å². The number of benzene rings is 2. The number of para-hydroxylation sites is 1. The summed E-state index contributed by atoms with van der Waals surface area (Å²) >= 11 is 0. The number of carboxylic acids is 1. The topological polar surface area (TPSA) is 91.3 Å². The van der Waals surface area contributed by atoms with Gasteiger partial charge < -0.3 is 19.7 Å². The Bertz CT molecular complexity index is 1240. The van der Waals surface area contributed by atoms with Crippen LogP contribution in [0.5, 0.6) is 5.75 Å². The van der Waals surface area contributed by atoms with Gasteiger partial charge in [0.1, 0.15) is 23.5 Å². The van der Waals surface area contributed by atoms with Gasteiger partial charge >= 0.3 is 5.97 Å². The Morgan fingerprint density at radius 2 is 1.83 bits per heavy atom. The molecule has 0 bridgehead atoms. The Labute approximate surface area is 205 Å². The standard InChI is InChI=1S/C28H32N4O3/c1-3-20(28(33)34)10-8-9-17-35-23-15-13-21(14-16-23)25-18-24-26(31-25)29-19-30-27(24)32(4-2)22-11-6-5-7-12-22/h5-7,11-16,18-20H,3-4,8-10,17H2,1-2H3,(H,33,34)(H,29,30,31)/t20-/m1/s1. The van der Waals surface area contributed by atoms with Crippen LogP contribution < -0.4 is 9.64 Å². The number of aromatic nitrogens is 3. The zero-order valence-electron chi connectivity index (χ0n) is 20.3. The minimum Gasteiger partial charge on any atom is -0.494 e. The summed E-state index contributed by atoms with van der Waals surface area (Å²) in [6.07, 6.45) is 4.64. The van der Waals surface area contributed by atoms with Gasteiger partial charge in [-0.3, -0.25) is 4.79 Å². The van der Waals surface area contributed by atoms with Gasteiger partial charge in [-0.1, -0.05) is 25.1 Å². The van der Waals surface area contributed by atoms with Crippen molar-refractivity contribution in [3.63, 3.8) is 0 Å². The van der Waals surface area contributed by atoms with E-state index in [1.165, 1.54) is 0 Å². The second-order valence-corrected chi connectivity index (χ2v) is 8.53. The summed E-state index contributed by atoms with van der Waals surface area (Å²) < 4.78 is 5.86. The van der Waals surface area contributed by atoms with Crippen molar-refractivity contribution >= 4 is 28.5 Å². The SMILES string of the molecule is CC[C@H](CCCCOc1ccc(-c2cc3c(N(CC)c4ccccc4)ncnc3[nH]2)cc1)C(=O)O. The number of rotatable bonds is 12. The van der Waals surface area contributed by atoms with E-state index in [0.717, 1.165) is 58.9 Å². The number of fused-ring (bicyclic) bond motifs is 1. The van der Waals surface area contributed by atoms with Gasteiger partial charge in [-0.05, 0) is 80.6 Å². The molecule has 4 rings (SSSR count). The third kappa shape index (κ3) is 5.80. The largest absolute Gasteiger partial charge is 0.494 e. The van der Waals surface area contributed by atoms with Crippen molar-refractivity contribution < 1.29 is 14.6 Å². The summed E-state index contributed by atoms with van der Waals surface area (Å²) in [5, 5.41) is 10.1. The molecule has 2 aromatic heterocycles. The number of carboxylic acid groups (broad SMARTS) is 1. The molecule has 182 valence electrons. The quantitative estimate of drug-likeness (QED) is 0.231. The Morgan fingerprint density at radius 1 is 1.06 bits per heavy atom. The fraction of sp³-hybridized carbons (Fsp3) is 0.321. The molecule has 0 amide bonds. The molecule has 0 saturated carbocycles. The molecule has 1 atom stereocenters. The van der Waals surface area contributed by atoms with Gasteiger partial charge in [0.25, 0.3) is 0 Å². The maximum atomic E-state index is 11.1. The summed E-state index contributed by atoms with van der Waals surface area (Å²) in [4.78, 5) is 25.8. The van der Waals surface area contributed by atoms with Gasteiger partial charge in [0.15, 0.2) is 0 Å². The highest BCUT2D eigenvalue weighted by molar-refractivity contribution is 5.93. The molecule has 0 aliphatic heterocycles. The van der Waals surface area contributed by atoms with E-state index in [9.17, 15) is 4.79 Å². The van der Waals surface area contributed by atoms with Gasteiger partial charge in [-0.25, -0.2) is 9.97 Å². The van der Waals surface area contributed by atoms with Crippen LogP contribution in [-0.4, -0.2) is 39.2 Å². The van der Waals surface area contributed by atoms with E-state index in [1.807, 2.05) is 49.4 Å². The maximum absolute atomic E-state index is 11.1. The van der Waals surface area contributed by atoms with E-state index in [1.54, 1.807) is 6.33 Å². The second kappa shape index (κ2) is 11.5. The lowest BCUT2D eigenvalue weighted by Gasteiger charge is -2.22. The normalized spacial score (nSPS) is 11.9. The van der Waals surface area contributed by atoms with Crippen LogP contribution in [0.2, 0.25) is 0 Å². The van der Waals surface area contributed by atoms with Crippen molar-refractivity contribution in [3.05, 3.63) is 67.0 Å². The Morgan fingerprint density at radius 3 is 2.51 bits per heavy atom. The van der Waals surface area contributed by atoms with Crippen LogP contribution in [0.3, 0.4) is 0 Å². The number of hydrogen-bond acceptors (Lipinski definition) is 5. The first-order valence-electron chi connectivity index (χ1n) is 12.2. The van der Waals surface area contributed by atoms with Crippen molar-refractivity contribution in [2.24, 2.45) is 5.92 Å². The lowest BCUT2D eigenvalue weighted by atomic mass is 10.00. The van der Waals surface area contributed by atoms with Crippen LogP contribution in [0.4, 0.5) is 11.5 Å². The number of H-pyrrole nitrogens is 1. The molecule has 7 nitrogen and oxygen atoms in total. The van der Waals surface area contributed by atoms with Crippen molar-refractivity contribution in [2.45, 2.75) is 39.5 Å². The number of unbranched alkanes of at least 4 members (excludes halogenated alkanes) is 1. The average molecular weight is 473 g/mol. The van der Waals surface area contributed by atoms with Crippen molar-refractivity contribution in [2.75, 3.05) is 18.1 Å². The number of carbonyl (C=O) groups is 1. The molecule has 0 spiro atoms. The smallest absolute Gasteiger partial charge is 0.306 e. The van der Waals surface area contributed by atoms with Crippen molar-refractivity contribution in [1.29, 1.82) is 0 Å². The molecule has 7 heteroatoms. The molecular weight excluding hydrogens is 440 g/mol. The van der Waals surface area contributed by atoms with Gasteiger partial charge in [0, 0.05) is 17.9 Å². The van der Waals surface area contributed by atoms with Crippen LogP contribution >= 0.6 is 0 Å². The summed E-state index contributed by atoms with van der Waals surface area (Å²) in [6.45, 7) is 5.40. The fourth-order valence-electron chi connectivity index (χ4n) is 4.28. The molecule has 35 heavy (non-hydrogen) atoms. The minimum atomic E-state index is -0.707. The van der Waals surface area contributed by atoms with Gasteiger partial charge in [-0.15, -0.1) is 0 Å². The monoisotopic (exact) mass is 472 g/mol. The highest BCUT2D eigenvalue weighted by atomic mass is 16.5. The summed E-state index contributed by atoms with van der Waals surface area (Å²) in [5.74, 6) is 0.714. The zero-order chi connectivity index (χ0) is 24.6. The van der Waals surface area contributed by atoms with Crippen LogP contribution in [0.15, 0.2) is 67.0 Å². The fourth-order valence-corrected chi connectivity index (χ4v) is 4.28. The number of ether oxygens (including phenoxy) is 1. The maximum Gasteiger partial charge on any atom is 0.306 e. The third-order valence-electron chi connectivity index (χ3n) is 6.27. The van der Waals surface area contributed by atoms with E-state index in [-0.39, 0.29) is 5.92 Å². The van der Waals surface area contributed by atoms with E-state index in [2.05, 4.69) is 45.0 Å². The molecule has 0 aliphatic carbocycles. The Balaban J connectivity index is 1.43. The molecule has 0 radical (unpaired) electrons. The van der Waals surface area contributed by atoms with Crippen molar-refractivity contribution in [1.82, 2.24) is 15.0 Å². The van der Waals surface area contributed by atoms with E-state index >= 15 is 0 Å². The van der Waals surface area contributed by atoms with Crippen LogP contribution in [0, 0.1) is 5.92 Å². The van der Waals surface area contributed by atoms with E-state index in [4.69, 9.17) is 9.84 Å². The first-order chi connectivity index (χ1) is 17.1. The van der Waals surface area contributed by atoms with Gasteiger partial charge in [-0.2, -0.15) is 0 Å². The number of hydrogen-bond donors (Lipinski definition) is 2. The Hall–Kier alpha value is -3.87. The average Bonchev–Trinajstić information content (AvgIpc) is 3.33. The molecule has 0 saturated heterocycles. The molecule has 4 aromatic rings. The number of aromatic amines is 1. The highest BCUT2D eigenvalue weighted by Gasteiger charge is 2.16. The van der Waals surface area contributed by atoms with Crippen LogP contribution in [0.1, 0.15) is 39.5 Å². The number of nitrogens with one attached hydrogen (secondary N) is 1. The van der Waals surface area contributed by atoms with E-state index in [0.29, 0.717) is 19.4 Å². The predicted molar refractivity (Wildman–Crippen MR) is 139 cm³/mol. The first kappa shape index (κ1) is 24.3. The molecule has 0 fully saturated rings. The predicted octanol–water partition coefficient (Wildman–Crippen LogP) is 6.44. The molecule has 0 unspecified atom stereocenters. The summed E-state index contributed by atoms with van der Waals surface area (Å²) in [6, 6.07) is 20.3. The second-order valence-electron chi connectivity index (χ2n) is 8.53. The van der Waals surface area contributed by atoms with Crippen LogP contribution in [0.25, 0.3) is 22.3 Å². The molecule has 2 heterocycles. The number of aliphatic carboxylic acids is 1. The Kier molecular flexibility index (Phi) is 7.98. The first-order valence-corrected chi connectivity index (χ1v) is 12.2. The van der Waals surface area contributed by atoms with E-state index < -0.39 is 5.97 Å². The lowest BCUT2D eigenvalue weighted by Crippen LogP contribution is -2.17. The zero-order valence-corrected chi connectivity index (χ0v) is 20.3. The number of anilines is 2. The molecular formula is C28H32N4O3. The lowest BCUT2D eigenvalue weighted by molar-refractivity contribution is -0.142. The number of nitrogens with zero attached hydrogens (tertiary/aromatic N) is 3. The molecule has 0 aliphatic rings. The minimum absolute atomic E-state index is 0.257. The van der Waals surface area contributed by atoms with Crippen molar-refractivity contribution in [3.8, 4) is 17.0 Å². The molecule has 2 N–H and O–H groups in total. The van der Waals surface area contributed by atoms with Gasteiger partial charge in [0.2, 0.25) is 0 Å².